The van der Waals surface area contributed by atoms with E-state index in [0.29, 0.717) is 0 Å². The third kappa shape index (κ3) is 5.85. The van der Waals surface area contributed by atoms with Crippen LogP contribution in [0.2, 0.25) is 18.1 Å². The van der Waals surface area contributed by atoms with Gasteiger partial charge in [-0.2, -0.15) is 13.2 Å². The molecule has 88 valence electrons. The van der Waals surface area contributed by atoms with E-state index in [4.69, 9.17) is 4.43 Å². The van der Waals surface area contributed by atoms with E-state index in [1.807, 2.05) is 39.8 Å². The molecule has 1 nitrogen and oxygen atoms in total. The van der Waals surface area contributed by atoms with Crippen LogP contribution in [-0.2, 0) is 4.43 Å². The Bertz CT molecular complexity index is 265. The van der Waals surface area contributed by atoms with E-state index >= 15 is 0 Å². The monoisotopic (exact) mass is 238 g/mol. The van der Waals surface area contributed by atoms with E-state index < -0.39 is 14.5 Å². The molecule has 0 atom stereocenters. The molecule has 0 saturated heterocycles. The van der Waals surface area contributed by atoms with E-state index in [2.05, 4.69) is 0 Å². The Balaban J connectivity index is 4.23. The minimum Gasteiger partial charge on any atom is -0.406 e. The molecule has 0 N–H and O–H groups in total. The van der Waals surface area contributed by atoms with Crippen LogP contribution in [-0.4, -0.2) is 21.1 Å². The molecule has 0 unspecified atom stereocenters. The quantitative estimate of drug-likeness (QED) is 0.528. The number of alkyl halides is 3. The van der Waals surface area contributed by atoms with Gasteiger partial charge in [0.1, 0.15) is 0 Å². The molecule has 0 aromatic heterocycles. The third-order valence-corrected chi connectivity index (χ3v) is 7.02. The summed E-state index contributed by atoms with van der Waals surface area (Å²) < 4.78 is 40.5. The van der Waals surface area contributed by atoms with Crippen molar-refractivity contribution in [3.05, 3.63) is 0 Å². The summed E-state index contributed by atoms with van der Waals surface area (Å²) in [6, 6.07) is 0. The number of rotatable bonds is 2. The predicted molar refractivity (Wildman–Crippen MR) is 57.0 cm³/mol. The Morgan fingerprint density at radius 3 is 1.93 bits per heavy atom. The molecule has 0 spiro atoms. The largest absolute Gasteiger partial charge is 0.457 e. The lowest BCUT2D eigenvalue weighted by Crippen LogP contribution is -2.40. The average molecular weight is 238 g/mol. The van der Waals surface area contributed by atoms with Gasteiger partial charge >= 0.3 is 6.18 Å². The second kappa shape index (κ2) is 4.58. The van der Waals surface area contributed by atoms with Crippen LogP contribution in [0.1, 0.15) is 20.8 Å². The molecular formula is C10H17F3OSi. The SMILES string of the molecule is CC(C)(C)[Si](C)(C)OCC#CC(F)(F)F. The Kier molecular flexibility index (Phi) is 4.44. The first-order valence-electron chi connectivity index (χ1n) is 4.66. The molecular weight excluding hydrogens is 221 g/mol. The van der Waals surface area contributed by atoms with Gasteiger partial charge in [0.15, 0.2) is 8.32 Å². The molecule has 0 radical (unpaired) electrons. The highest BCUT2D eigenvalue weighted by Gasteiger charge is 2.36. The van der Waals surface area contributed by atoms with Crippen molar-refractivity contribution in [2.45, 2.75) is 45.1 Å². The summed E-state index contributed by atoms with van der Waals surface area (Å²) in [4.78, 5) is 0. The standard InChI is InChI=1S/C10H17F3OSi/c1-9(2,3)15(4,5)14-8-6-7-10(11,12)13/h8H2,1-5H3. The summed E-state index contributed by atoms with van der Waals surface area (Å²) in [5, 5.41) is -0.00703. The van der Waals surface area contributed by atoms with Crippen LogP contribution in [0, 0.1) is 11.8 Å². The number of hydrogen-bond acceptors (Lipinski definition) is 1. The van der Waals surface area contributed by atoms with Crippen molar-refractivity contribution in [2.75, 3.05) is 6.61 Å². The van der Waals surface area contributed by atoms with Crippen LogP contribution in [0.3, 0.4) is 0 Å². The highest BCUT2D eigenvalue weighted by molar-refractivity contribution is 6.74. The highest BCUT2D eigenvalue weighted by Crippen LogP contribution is 2.36. The van der Waals surface area contributed by atoms with Gasteiger partial charge in [-0.15, -0.1) is 0 Å². The maximum atomic E-state index is 11.7. The zero-order valence-corrected chi connectivity index (χ0v) is 10.7. The van der Waals surface area contributed by atoms with Crippen LogP contribution < -0.4 is 0 Å². The molecule has 0 fully saturated rings. The minimum absolute atomic E-state index is 0.00703. The van der Waals surface area contributed by atoms with Crippen LogP contribution in [0.25, 0.3) is 0 Å². The first-order chi connectivity index (χ1) is 6.46. The van der Waals surface area contributed by atoms with Crippen LogP contribution in [0.15, 0.2) is 0 Å². The fourth-order valence-electron chi connectivity index (χ4n) is 0.569. The molecule has 0 rings (SSSR count). The lowest BCUT2D eigenvalue weighted by molar-refractivity contribution is -0.0698. The van der Waals surface area contributed by atoms with Crippen molar-refractivity contribution in [1.29, 1.82) is 0 Å². The minimum atomic E-state index is -4.42. The number of halogens is 3. The van der Waals surface area contributed by atoms with Crippen molar-refractivity contribution >= 4 is 8.32 Å². The van der Waals surface area contributed by atoms with Crippen LogP contribution >= 0.6 is 0 Å². The molecule has 15 heavy (non-hydrogen) atoms. The molecule has 0 aromatic carbocycles. The van der Waals surface area contributed by atoms with Gasteiger partial charge in [0.2, 0.25) is 0 Å². The van der Waals surface area contributed by atoms with Gasteiger partial charge in [-0.05, 0) is 18.1 Å². The lowest BCUT2D eigenvalue weighted by atomic mass is 10.2. The topological polar surface area (TPSA) is 9.23 Å². The van der Waals surface area contributed by atoms with Gasteiger partial charge in [0.05, 0.1) is 6.61 Å². The van der Waals surface area contributed by atoms with Crippen molar-refractivity contribution in [2.24, 2.45) is 0 Å². The van der Waals surface area contributed by atoms with Crippen molar-refractivity contribution in [1.82, 2.24) is 0 Å². The fraction of sp³-hybridized carbons (Fsp3) is 0.800. The van der Waals surface area contributed by atoms with Crippen molar-refractivity contribution in [3.63, 3.8) is 0 Å². The van der Waals surface area contributed by atoms with Gasteiger partial charge in [0.25, 0.3) is 0 Å². The molecule has 0 aliphatic carbocycles. The molecule has 0 saturated carbocycles. The summed E-state index contributed by atoms with van der Waals surface area (Å²) >= 11 is 0. The molecule has 0 aliphatic rings. The Hall–Kier alpha value is -0.473. The molecule has 5 heteroatoms. The highest BCUT2D eigenvalue weighted by atomic mass is 28.4. The molecule has 0 aromatic rings. The number of hydrogen-bond donors (Lipinski definition) is 0. The zero-order chi connectivity index (χ0) is 12.3. The van der Waals surface area contributed by atoms with E-state index in [0.717, 1.165) is 0 Å². The van der Waals surface area contributed by atoms with E-state index in [1.54, 1.807) is 0 Å². The third-order valence-electron chi connectivity index (χ3n) is 2.54. The zero-order valence-electron chi connectivity index (χ0n) is 9.75. The smallest absolute Gasteiger partial charge is 0.406 e. The summed E-state index contributed by atoms with van der Waals surface area (Å²) in [6.07, 6.45) is -4.42. The lowest BCUT2D eigenvalue weighted by Gasteiger charge is -2.35. The molecule has 0 bridgehead atoms. The molecule has 0 aliphatic heterocycles. The summed E-state index contributed by atoms with van der Waals surface area (Å²) in [5.41, 5.74) is 0. The second-order valence-electron chi connectivity index (χ2n) is 4.85. The average Bonchev–Trinajstić information content (AvgIpc) is 1.94. The van der Waals surface area contributed by atoms with E-state index in [1.165, 1.54) is 5.92 Å². The normalized spacial score (nSPS) is 13.3. The van der Waals surface area contributed by atoms with Gasteiger partial charge in [-0.25, -0.2) is 0 Å². The first-order valence-corrected chi connectivity index (χ1v) is 7.57. The summed E-state index contributed by atoms with van der Waals surface area (Å²) in [6.45, 7) is 9.88. The first kappa shape index (κ1) is 14.5. The van der Waals surface area contributed by atoms with Crippen molar-refractivity contribution < 1.29 is 17.6 Å². The van der Waals surface area contributed by atoms with E-state index in [-0.39, 0.29) is 11.6 Å². The van der Waals surface area contributed by atoms with Gasteiger partial charge in [0, 0.05) is 5.92 Å². The Labute approximate surface area is 90.1 Å². The van der Waals surface area contributed by atoms with E-state index in [9.17, 15) is 13.2 Å². The van der Waals surface area contributed by atoms with Gasteiger partial charge in [-0.1, -0.05) is 26.7 Å². The summed E-state index contributed by atoms with van der Waals surface area (Å²) in [7, 11) is -1.97. The Morgan fingerprint density at radius 1 is 1.13 bits per heavy atom. The van der Waals surface area contributed by atoms with Crippen LogP contribution in [0.5, 0.6) is 0 Å². The van der Waals surface area contributed by atoms with Crippen LogP contribution in [0.4, 0.5) is 13.2 Å². The fourth-order valence-corrected chi connectivity index (χ4v) is 1.44. The predicted octanol–water partition coefficient (Wildman–Crippen LogP) is 3.57. The Morgan fingerprint density at radius 2 is 1.60 bits per heavy atom. The maximum absolute atomic E-state index is 11.7. The maximum Gasteiger partial charge on any atom is 0.457 e. The van der Waals surface area contributed by atoms with Gasteiger partial charge < -0.3 is 4.43 Å². The van der Waals surface area contributed by atoms with Gasteiger partial charge in [-0.3, -0.25) is 0 Å². The summed E-state index contributed by atoms with van der Waals surface area (Å²) in [5.74, 6) is 3.18. The van der Waals surface area contributed by atoms with Crippen molar-refractivity contribution in [3.8, 4) is 11.8 Å². The molecule has 0 heterocycles. The molecule has 0 amide bonds. The second-order valence-corrected chi connectivity index (χ2v) is 9.66.